The van der Waals surface area contributed by atoms with E-state index >= 15 is 0 Å². The summed E-state index contributed by atoms with van der Waals surface area (Å²) in [5.41, 5.74) is 1.14. The van der Waals surface area contributed by atoms with Crippen LogP contribution in [0.25, 0.3) is 10.8 Å². The molecule has 4 nitrogen and oxygen atoms in total. The van der Waals surface area contributed by atoms with Gasteiger partial charge >= 0.3 is 0 Å². The highest BCUT2D eigenvalue weighted by Gasteiger charge is 2.09. The number of rotatable bonds is 2. The molecule has 2 N–H and O–H groups in total. The highest BCUT2D eigenvalue weighted by molar-refractivity contribution is 5.97. The molecule has 1 aromatic heterocycles. The molecule has 98 valence electrons. The lowest BCUT2D eigenvalue weighted by molar-refractivity contribution is 0.471. The molecule has 1 heterocycles. The fourth-order valence-corrected chi connectivity index (χ4v) is 2.02. The van der Waals surface area contributed by atoms with Gasteiger partial charge in [0, 0.05) is 41.0 Å². The van der Waals surface area contributed by atoms with Crippen LogP contribution < -0.4 is 0 Å². The minimum atomic E-state index is 0.0542. The van der Waals surface area contributed by atoms with Crippen LogP contribution in [0.1, 0.15) is 5.56 Å². The molecule has 0 amide bonds. The summed E-state index contributed by atoms with van der Waals surface area (Å²) in [5.74, 6) is 0.148. The van der Waals surface area contributed by atoms with Crippen LogP contribution in [0.15, 0.2) is 59.9 Å². The lowest BCUT2D eigenvalue weighted by Gasteiger charge is -2.06. The topological polar surface area (TPSA) is 65.7 Å². The number of pyridine rings is 1. The Bertz CT molecular complexity index is 783. The molecule has 3 rings (SSSR count). The van der Waals surface area contributed by atoms with E-state index in [2.05, 4.69) is 9.98 Å². The minimum absolute atomic E-state index is 0.0542. The average molecular weight is 264 g/mol. The van der Waals surface area contributed by atoms with Gasteiger partial charge in [0.1, 0.15) is 17.2 Å². The van der Waals surface area contributed by atoms with Crippen LogP contribution in [-0.2, 0) is 0 Å². The van der Waals surface area contributed by atoms with Crippen LogP contribution >= 0.6 is 0 Å². The van der Waals surface area contributed by atoms with Crippen LogP contribution in [0.4, 0.5) is 5.69 Å². The van der Waals surface area contributed by atoms with Crippen LogP contribution in [0.5, 0.6) is 11.5 Å². The number of hydrogen-bond acceptors (Lipinski definition) is 4. The van der Waals surface area contributed by atoms with E-state index in [-0.39, 0.29) is 11.5 Å². The maximum Gasteiger partial charge on any atom is 0.149 e. The van der Waals surface area contributed by atoms with Gasteiger partial charge in [-0.05, 0) is 6.07 Å². The standard InChI is InChI=1S/C16H12N2O2/c19-15-8-14(18-10-11-4-3-7-17-9-11)16(20)13-6-2-1-5-12(13)15/h1-10,19-20H. The van der Waals surface area contributed by atoms with Crippen molar-refractivity contribution in [3.05, 3.63) is 60.4 Å². The molecular formula is C16H12N2O2. The van der Waals surface area contributed by atoms with Gasteiger partial charge in [-0.3, -0.25) is 9.98 Å². The number of nitrogens with zero attached hydrogens (tertiary/aromatic N) is 2. The third-order valence-electron chi connectivity index (χ3n) is 3.01. The Labute approximate surface area is 115 Å². The van der Waals surface area contributed by atoms with Gasteiger partial charge < -0.3 is 10.2 Å². The van der Waals surface area contributed by atoms with Gasteiger partial charge in [-0.2, -0.15) is 0 Å². The van der Waals surface area contributed by atoms with E-state index in [4.69, 9.17) is 0 Å². The van der Waals surface area contributed by atoms with Crippen molar-refractivity contribution in [2.45, 2.75) is 0 Å². The van der Waals surface area contributed by atoms with Crippen molar-refractivity contribution >= 4 is 22.7 Å². The van der Waals surface area contributed by atoms with Gasteiger partial charge in [-0.1, -0.05) is 30.3 Å². The van der Waals surface area contributed by atoms with Crippen molar-refractivity contribution in [2.24, 2.45) is 4.99 Å². The Balaban J connectivity index is 2.09. The highest BCUT2D eigenvalue weighted by atomic mass is 16.3. The lowest BCUT2D eigenvalue weighted by Crippen LogP contribution is -1.82. The van der Waals surface area contributed by atoms with Crippen molar-refractivity contribution in [2.75, 3.05) is 0 Å². The number of aromatic hydroxyl groups is 2. The van der Waals surface area contributed by atoms with E-state index in [0.29, 0.717) is 16.5 Å². The van der Waals surface area contributed by atoms with E-state index in [1.807, 2.05) is 6.07 Å². The summed E-state index contributed by atoms with van der Waals surface area (Å²) in [7, 11) is 0. The summed E-state index contributed by atoms with van der Waals surface area (Å²) in [4.78, 5) is 8.20. The smallest absolute Gasteiger partial charge is 0.149 e. The van der Waals surface area contributed by atoms with E-state index in [9.17, 15) is 10.2 Å². The van der Waals surface area contributed by atoms with Gasteiger partial charge in [0.15, 0.2) is 0 Å². The Hall–Kier alpha value is -2.88. The fourth-order valence-electron chi connectivity index (χ4n) is 2.02. The summed E-state index contributed by atoms with van der Waals surface area (Å²) in [6.45, 7) is 0. The van der Waals surface area contributed by atoms with E-state index in [1.54, 1.807) is 48.9 Å². The first-order valence-corrected chi connectivity index (χ1v) is 6.13. The third-order valence-corrected chi connectivity index (χ3v) is 3.01. The molecule has 0 bridgehead atoms. The molecule has 0 aliphatic heterocycles. The second-order valence-electron chi connectivity index (χ2n) is 4.35. The predicted molar refractivity (Wildman–Crippen MR) is 78.8 cm³/mol. The van der Waals surface area contributed by atoms with Gasteiger partial charge in [0.05, 0.1) is 0 Å². The Morgan fingerprint density at radius 2 is 1.80 bits per heavy atom. The molecule has 0 aliphatic carbocycles. The number of aromatic nitrogens is 1. The minimum Gasteiger partial charge on any atom is -0.507 e. The molecule has 2 aromatic carbocycles. The van der Waals surface area contributed by atoms with Gasteiger partial charge in [-0.15, -0.1) is 0 Å². The van der Waals surface area contributed by atoms with E-state index < -0.39 is 0 Å². The first kappa shape index (κ1) is 12.2. The monoisotopic (exact) mass is 264 g/mol. The van der Waals surface area contributed by atoms with Gasteiger partial charge in [0.2, 0.25) is 0 Å². The molecule has 3 aromatic rings. The molecule has 0 aliphatic rings. The molecular weight excluding hydrogens is 252 g/mol. The van der Waals surface area contributed by atoms with Crippen LogP contribution in [0.2, 0.25) is 0 Å². The van der Waals surface area contributed by atoms with Crippen LogP contribution in [0, 0.1) is 0 Å². The maximum atomic E-state index is 10.2. The zero-order valence-corrected chi connectivity index (χ0v) is 10.6. The molecule has 0 spiro atoms. The van der Waals surface area contributed by atoms with Crippen molar-refractivity contribution in [1.82, 2.24) is 4.98 Å². The largest absolute Gasteiger partial charge is 0.507 e. The van der Waals surface area contributed by atoms with Crippen molar-refractivity contribution in [1.29, 1.82) is 0 Å². The Kier molecular flexibility index (Phi) is 3.05. The zero-order valence-electron chi connectivity index (χ0n) is 10.6. The molecule has 0 saturated carbocycles. The normalized spacial score (nSPS) is 11.2. The molecule has 0 saturated heterocycles. The molecule has 0 radical (unpaired) electrons. The maximum absolute atomic E-state index is 10.2. The second kappa shape index (κ2) is 5.01. The molecule has 0 fully saturated rings. The molecule has 4 heteroatoms. The molecule has 0 unspecified atom stereocenters. The summed E-state index contributed by atoms with van der Waals surface area (Å²) in [6.07, 6.45) is 4.94. The van der Waals surface area contributed by atoms with Crippen molar-refractivity contribution in [3.63, 3.8) is 0 Å². The van der Waals surface area contributed by atoms with Crippen LogP contribution in [0.3, 0.4) is 0 Å². The number of hydrogen-bond donors (Lipinski definition) is 2. The second-order valence-corrected chi connectivity index (χ2v) is 4.35. The van der Waals surface area contributed by atoms with Gasteiger partial charge in [0.25, 0.3) is 0 Å². The highest BCUT2D eigenvalue weighted by Crippen LogP contribution is 2.39. The molecule has 0 atom stereocenters. The number of phenols is 2. The van der Waals surface area contributed by atoms with Gasteiger partial charge in [-0.25, -0.2) is 0 Å². The Morgan fingerprint density at radius 1 is 1.00 bits per heavy atom. The SMILES string of the molecule is Oc1cc(N=Cc2cccnc2)c(O)c2ccccc12. The first-order valence-electron chi connectivity index (χ1n) is 6.13. The Morgan fingerprint density at radius 3 is 2.55 bits per heavy atom. The molecule has 20 heavy (non-hydrogen) atoms. The summed E-state index contributed by atoms with van der Waals surface area (Å²) >= 11 is 0. The summed E-state index contributed by atoms with van der Waals surface area (Å²) in [6, 6.07) is 12.2. The van der Waals surface area contributed by atoms with Crippen molar-refractivity contribution in [3.8, 4) is 11.5 Å². The predicted octanol–water partition coefficient (Wildman–Crippen LogP) is 3.40. The van der Waals surface area contributed by atoms with Crippen molar-refractivity contribution < 1.29 is 10.2 Å². The quantitative estimate of drug-likeness (QED) is 0.550. The summed E-state index contributed by atoms with van der Waals surface area (Å²) < 4.78 is 0. The average Bonchev–Trinajstić information content (AvgIpc) is 2.50. The summed E-state index contributed by atoms with van der Waals surface area (Å²) in [5, 5.41) is 21.4. The fraction of sp³-hybridized carbons (Fsp3) is 0. The third kappa shape index (κ3) is 2.19. The zero-order chi connectivity index (χ0) is 13.9. The number of aliphatic imine (C=N–C) groups is 1. The number of fused-ring (bicyclic) bond motifs is 1. The van der Waals surface area contributed by atoms with E-state index in [0.717, 1.165) is 5.56 Å². The van der Waals surface area contributed by atoms with E-state index in [1.165, 1.54) is 6.07 Å². The van der Waals surface area contributed by atoms with Crippen LogP contribution in [-0.4, -0.2) is 21.4 Å². The lowest BCUT2D eigenvalue weighted by atomic mass is 10.1. The number of benzene rings is 2. The number of phenolic OH excluding ortho intramolecular Hbond substituents is 2. The first-order chi connectivity index (χ1) is 9.75.